The molecule has 0 atom stereocenters. The zero-order valence-electron chi connectivity index (χ0n) is 54.9. The first-order valence-electron chi connectivity index (χ1n) is 34.7. The topological polar surface area (TPSA) is 6.48 Å². The average Bonchev–Trinajstić information content (AvgIpc) is 1.07. The zero-order valence-corrected chi connectivity index (χ0v) is 58.1. The van der Waals surface area contributed by atoms with Gasteiger partial charge in [0, 0.05) is 115 Å². The number of hydrogen-bond acceptors (Lipinski definition) is 6. The zero-order chi connectivity index (χ0) is 66.7. The van der Waals surface area contributed by atoms with Crippen molar-refractivity contribution in [2.45, 2.75) is 0 Å². The molecule has 0 bridgehead atoms. The molecular weight excluding hydrogens is 1310 g/mol. The van der Waals surface area contributed by atoms with Gasteiger partial charge < -0.3 is 9.80 Å². The van der Waals surface area contributed by atoms with Crippen LogP contribution in [-0.4, -0.2) is 0 Å². The Morgan fingerprint density at radius 3 is 0.961 bits per heavy atom. The Morgan fingerprint density at radius 2 is 0.480 bits per heavy atom. The molecule has 0 aliphatic rings. The van der Waals surface area contributed by atoms with E-state index in [4.69, 9.17) is 0 Å². The summed E-state index contributed by atoms with van der Waals surface area (Å²) < 4.78 is 10.3. The lowest BCUT2D eigenvalue weighted by Gasteiger charge is -2.26. The molecule has 0 spiro atoms. The van der Waals surface area contributed by atoms with Crippen molar-refractivity contribution < 1.29 is 0 Å². The van der Waals surface area contributed by atoms with E-state index in [2.05, 4.69) is 350 Å². The van der Waals surface area contributed by atoms with Crippen LogP contribution in [-0.2, 0) is 0 Å². The summed E-state index contributed by atoms with van der Waals surface area (Å²) in [4.78, 5) is 4.89. The molecular formula is C96H56N2S4. The van der Waals surface area contributed by atoms with Crippen molar-refractivity contribution in [3.63, 3.8) is 0 Å². The predicted octanol–water partition coefficient (Wildman–Crippen LogP) is 30.0. The molecule has 0 amide bonds. The maximum atomic E-state index is 2.45. The SMILES string of the molecule is c1ccc2c(c1)ccc1c3cc(-c4ccc(N(c5ccc6c(c5)sc5cccc(-c7ccc8ccc9c%10cc(-c%11ccc(N(c%12ccc%13sc%14ccccc%14c%13c%12)c%12ccc%13sc%14ccccc%14c%13c%12)cc%11)ccc%10ccc9c8c7)c56)c5ccc6sc7ccccc7c6c5)cc4)ccc3ccc21. The third-order valence-electron chi connectivity index (χ3n) is 21.4. The fourth-order valence-electron chi connectivity index (χ4n) is 16.5. The Hall–Kier alpha value is -12.0. The normalized spacial score (nSPS) is 12.1. The molecule has 474 valence electrons. The molecule has 0 aliphatic carbocycles. The molecule has 18 aromatic carbocycles. The maximum absolute atomic E-state index is 2.45. The van der Waals surface area contributed by atoms with Gasteiger partial charge in [-0.3, -0.25) is 0 Å². The Kier molecular flexibility index (Phi) is 12.9. The second-order valence-corrected chi connectivity index (χ2v) is 31.4. The molecule has 2 nitrogen and oxygen atoms in total. The van der Waals surface area contributed by atoms with Gasteiger partial charge in [0.2, 0.25) is 0 Å². The minimum absolute atomic E-state index is 1.11. The number of fused-ring (bicyclic) bond motifs is 22. The van der Waals surface area contributed by atoms with E-state index < -0.39 is 0 Å². The van der Waals surface area contributed by atoms with E-state index in [1.165, 1.54) is 179 Å². The number of benzene rings is 18. The van der Waals surface area contributed by atoms with Gasteiger partial charge in [0.15, 0.2) is 0 Å². The Balaban J connectivity index is 0.616. The first kappa shape index (κ1) is 57.9. The van der Waals surface area contributed by atoms with Crippen molar-refractivity contribution in [2.75, 3.05) is 9.80 Å². The molecule has 4 aromatic heterocycles. The third-order valence-corrected chi connectivity index (χ3v) is 26.0. The molecule has 0 radical (unpaired) electrons. The molecule has 0 fully saturated rings. The van der Waals surface area contributed by atoms with Crippen molar-refractivity contribution in [2.24, 2.45) is 0 Å². The van der Waals surface area contributed by atoms with Crippen LogP contribution in [0.3, 0.4) is 0 Å². The van der Waals surface area contributed by atoms with Gasteiger partial charge in [-0.1, -0.05) is 206 Å². The van der Waals surface area contributed by atoms with E-state index in [-0.39, 0.29) is 0 Å². The van der Waals surface area contributed by atoms with E-state index in [1.807, 2.05) is 45.3 Å². The van der Waals surface area contributed by atoms with Gasteiger partial charge in [0.05, 0.1) is 0 Å². The van der Waals surface area contributed by atoms with Gasteiger partial charge in [-0.15, -0.1) is 45.3 Å². The second-order valence-electron chi connectivity index (χ2n) is 27.0. The van der Waals surface area contributed by atoms with Crippen molar-refractivity contribution in [1.29, 1.82) is 0 Å². The highest BCUT2D eigenvalue weighted by molar-refractivity contribution is 7.27. The van der Waals surface area contributed by atoms with E-state index >= 15 is 0 Å². The van der Waals surface area contributed by atoms with Gasteiger partial charge in [0.25, 0.3) is 0 Å². The van der Waals surface area contributed by atoms with Crippen LogP contribution in [0.25, 0.3) is 179 Å². The van der Waals surface area contributed by atoms with Gasteiger partial charge in [-0.25, -0.2) is 0 Å². The fourth-order valence-corrected chi connectivity index (χ4v) is 20.9. The molecule has 0 unspecified atom stereocenters. The minimum Gasteiger partial charge on any atom is -0.310 e. The molecule has 102 heavy (non-hydrogen) atoms. The largest absolute Gasteiger partial charge is 0.310 e. The molecule has 0 saturated heterocycles. The van der Waals surface area contributed by atoms with Crippen molar-refractivity contribution in [1.82, 2.24) is 0 Å². The molecule has 6 heteroatoms. The molecule has 4 heterocycles. The summed E-state index contributed by atoms with van der Waals surface area (Å²) in [6.07, 6.45) is 0. The monoisotopic (exact) mass is 1360 g/mol. The van der Waals surface area contributed by atoms with Crippen molar-refractivity contribution >= 4 is 225 Å². The van der Waals surface area contributed by atoms with Crippen LogP contribution < -0.4 is 9.80 Å². The van der Waals surface area contributed by atoms with Gasteiger partial charge in [-0.2, -0.15) is 0 Å². The summed E-state index contributed by atoms with van der Waals surface area (Å²) in [5.41, 5.74) is 14.0. The molecule has 22 aromatic rings. The number of hydrogen-bond donors (Lipinski definition) is 0. The first-order chi connectivity index (χ1) is 50.5. The van der Waals surface area contributed by atoms with E-state index in [1.54, 1.807) is 0 Å². The number of thiophene rings is 4. The standard InChI is InChI=1S/C96H56N2S4/c1-2-11-72-59(10-1)30-43-75-74(72)42-31-60-20-23-63(50-82(60)75)58-28-36-67(37-29-58)98(70-41-49-93-87(55-70)80-14-5-8-18-90(80)101-93)71-38-46-81-95(56-71)102-94-19-9-15-73(96(81)94)65-25-22-62-33-44-76-77(84(62)52-65)45-32-61-21-24-64(51-83(61)76)57-26-34-66(35-27-57)97(68-39-47-91-85(53-68)78-12-3-6-16-88(78)99-91)69-40-48-92-86(54-69)79-13-4-7-17-89(79)100-92/h1-56H. The highest BCUT2D eigenvalue weighted by Crippen LogP contribution is 2.49. The summed E-state index contributed by atoms with van der Waals surface area (Å²) in [6.45, 7) is 0. The summed E-state index contributed by atoms with van der Waals surface area (Å²) >= 11 is 7.47. The third kappa shape index (κ3) is 9.20. The molecule has 0 aliphatic heterocycles. The minimum atomic E-state index is 1.11. The molecule has 0 saturated carbocycles. The van der Waals surface area contributed by atoms with Crippen LogP contribution in [0, 0.1) is 0 Å². The van der Waals surface area contributed by atoms with Gasteiger partial charge in [-0.05, 0) is 231 Å². The second kappa shape index (κ2) is 22.8. The lowest BCUT2D eigenvalue weighted by Crippen LogP contribution is -2.09. The molecule has 22 rings (SSSR count). The van der Waals surface area contributed by atoms with E-state index in [0.717, 1.165) is 34.1 Å². The maximum Gasteiger partial charge on any atom is 0.0476 e. The number of anilines is 6. The van der Waals surface area contributed by atoms with Crippen LogP contribution in [0.15, 0.2) is 340 Å². The van der Waals surface area contributed by atoms with Crippen LogP contribution in [0.5, 0.6) is 0 Å². The summed E-state index contributed by atoms with van der Waals surface area (Å²) in [7, 11) is 0. The van der Waals surface area contributed by atoms with E-state index in [9.17, 15) is 0 Å². The summed E-state index contributed by atoms with van der Waals surface area (Å²) in [5.74, 6) is 0. The van der Waals surface area contributed by atoms with Crippen LogP contribution in [0.1, 0.15) is 0 Å². The van der Waals surface area contributed by atoms with Crippen LogP contribution in [0.4, 0.5) is 34.1 Å². The van der Waals surface area contributed by atoms with Crippen LogP contribution >= 0.6 is 45.3 Å². The number of nitrogens with zero attached hydrogens (tertiary/aromatic N) is 2. The highest BCUT2D eigenvalue weighted by atomic mass is 32.1. The van der Waals surface area contributed by atoms with E-state index in [0.29, 0.717) is 0 Å². The fraction of sp³-hybridized carbons (Fsp3) is 0. The highest BCUT2D eigenvalue weighted by Gasteiger charge is 2.22. The smallest absolute Gasteiger partial charge is 0.0476 e. The Labute approximate surface area is 602 Å². The van der Waals surface area contributed by atoms with Crippen molar-refractivity contribution in [3.05, 3.63) is 340 Å². The quantitative estimate of drug-likeness (QED) is 0.133. The Morgan fingerprint density at radius 1 is 0.157 bits per heavy atom. The number of rotatable bonds is 9. The lowest BCUT2D eigenvalue weighted by atomic mass is 9.92. The van der Waals surface area contributed by atoms with Gasteiger partial charge in [0.1, 0.15) is 0 Å². The first-order valence-corrected chi connectivity index (χ1v) is 38.0. The van der Waals surface area contributed by atoms with Gasteiger partial charge >= 0.3 is 0 Å². The summed E-state index contributed by atoms with van der Waals surface area (Å²) in [6, 6.07) is 128. The lowest BCUT2D eigenvalue weighted by molar-refractivity contribution is 1.30. The predicted molar refractivity (Wildman–Crippen MR) is 449 cm³/mol. The Bertz CT molecular complexity index is 7160. The average molecular weight is 1370 g/mol. The van der Waals surface area contributed by atoms with Crippen LogP contribution in [0.2, 0.25) is 0 Å². The molecule has 0 N–H and O–H groups in total. The van der Waals surface area contributed by atoms with Crippen molar-refractivity contribution in [3.8, 4) is 33.4 Å². The summed E-state index contributed by atoms with van der Waals surface area (Å²) in [5, 5.41) is 25.4.